The zero-order chi connectivity index (χ0) is 14.9. The number of rotatable bonds is 4. The molecule has 0 aliphatic heterocycles. The van der Waals surface area contributed by atoms with Crippen LogP contribution >= 0.6 is 15.9 Å². The van der Waals surface area contributed by atoms with E-state index in [4.69, 9.17) is 4.74 Å². The quantitative estimate of drug-likeness (QED) is 0.928. The largest absolute Gasteiger partial charge is 0.497 e. The molecule has 1 aromatic heterocycles. The minimum Gasteiger partial charge on any atom is -0.497 e. The SMILES string of the molecule is COc1ccc(C(C)(O)c2c(Br)cnn2C(C)C)cc1. The van der Waals surface area contributed by atoms with Gasteiger partial charge >= 0.3 is 0 Å². The Morgan fingerprint density at radius 2 is 1.90 bits per heavy atom. The molecule has 5 heteroatoms. The van der Waals surface area contributed by atoms with Crippen LogP contribution in [0.25, 0.3) is 0 Å². The molecule has 0 fully saturated rings. The van der Waals surface area contributed by atoms with Crippen molar-refractivity contribution in [3.63, 3.8) is 0 Å². The van der Waals surface area contributed by atoms with Gasteiger partial charge in [0.1, 0.15) is 11.4 Å². The van der Waals surface area contributed by atoms with Crippen molar-refractivity contribution in [3.05, 3.63) is 46.2 Å². The van der Waals surface area contributed by atoms with E-state index in [0.29, 0.717) is 0 Å². The van der Waals surface area contributed by atoms with Crippen LogP contribution in [0.2, 0.25) is 0 Å². The molecule has 108 valence electrons. The Kier molecular flexibility index (Phi) is 4.20. The van der Waals surface area contributed by atoms with Gasteiger partial charge in [0.25, 0.3) is 0 Å². The Hall–Kier alpha value is -1.33. The van der Waals surface area contributed by atoms with Gasteiger partial charge < -0.3 is 9.84 Å². The maximum Gasteiger partial charge on any atom is 0.129 e. The van der Waals surface area contributed by atoms with Crippen molar-refractivity contribution in [2.45, 2.75) is 32.4 Å². The summed E-state index contributed by atoms with van der Waals surface area (Å²) in [4.78, 5) is 0. The van der Waals surface area contributed by atoms with Gasteiger partial charge in [-0.2, -0.15) is 5.10 Å². The summed E-state index contributed by atoms with van der Waals surface area (Å²) in [6, 6.07) is 7.58. The van der Waals surface area contributed by atoms with Crippen LogP contribution in [0.15, 0.2) is 34.9 Å². The Bertz CT molecular complexity index is 588. The van der Waals surface area contributed by atoms with Gasteiger partial charge in [-0.25, -0.2) is 0 Å². The number of benzene rings is 1. The fourth-order valence-electron chi connectivity index (χ4n) is 2.24. The lowest BCUT2D eigenvalue weighted by Gasteiger charge is -2.27. The fraction of sp³-hybridized carbons (Fsp3) is 0.400. The molecule has 1 heterocycles. The standard InChI is InChI=1S/C15H19BrN2O2/c1-10(2)18-14(13(16)9-17-18)15(3,19)11-5-7-12(20-4)8-6-11/h5-10,19H,1-4H3. The van der Waals surface area contributed by atoms with E-state index in [2.05, 4.69) is 21.0 Å². The molecule has 0 aliphatic carbocycles. The van der Waals surface area contributed by atoms with Crippen molar-refractivity contribution in [3.8, 4) is 5.75 Å². The molecule has 0 aliphatic rings. The summed E-state index contributed by atoms with van der Waals surface area (Å²) in [5, 5.41) is 15.3. The van der Waals surface area contributed by atoms with E-state index in [1.54, 1.807) is 20.2 Å². The van der Waals surface area contributed by atoms with Crippen LogP contribution in [-0.2, 0) is 5.60 Å². The Labute approximate surface area is 127 Å². The molecule has 1 aromatic carbocycles. The number of ether oxygens (including phenoxy) is 1. The monoisotopic (exact) mass is 338 g/mol. The summed E-state index contributed by atoms with van der Waals surface area (Å²) >= 11 is 3.48. The molecule has 1 unspecified atom stereocenters. The number of hydrogen-bond acceptors (Lipinski definition) is 3. The average molecular weight is 339 g/mol. The van der Waals surface area contributed by atoms with E-state index in [1.807, 2.05) is 42.8 Å². The third kappa shape index (κ3) is 2.60. The molecule has 4 nitrogen and oxygen atoms in total. The van der Waals surface area contributed by atoms with E-state index < -0.39 is 5.60 Å². The van der Waals surface area contributed by atoms with Crippen LogP contribution in [0.3, 0.4) is 0 Å². The first-order chi connectivity index (χ1) is 9.37. The van der Waals surface area contributed by atoms with Crippen LogP contribution in [0.1, 0.15) is 38.1 Å². The molecule has 0 saturated carbocycles. The molecule has 0 spiro atoms. The van der Waals surface area contributed by atoms with Gasteiger partial charge in [0, 0.05) is 6.04 Å². The molecule has 0 bridgehead atoms. The third-order valence-electron chi connectivity index (χ3n) is 3.35. The van der Waals surface area contributed by atoms with E-state index in [9.17, 15) is 5.11 Å². The van der Waals surface area contributed by atoms with Crippen LogP contribution in [0.4, 0.5) is 0 Å². The smallest absolute Gasteiger partial charge is 0.129 e. The van der Waals surface area contributed by atoms with Crippen molar-refractivity contribution in [2.24, 2.45) is 0 Å². The maximum atomic E-state index is 11.0. The van der Waals surface area contributed by atoms with Gasteiger partial charge in [-0.3, -0.25) is 4.68 Å². The average Bonchev–Trinajstić information content (AvgIpc) is 2.81. The summed E-state index contributed by atoms with van der Waals surface area (Å²) in [7, 11) is 1.62. The van der Waals surface area contributed by atoms with Gasteiger partial charge in [0.2, 0.25) is 0 Å². The van der Waals surface area contributed by atoms with Gasteiger partial charge in [0.15, 0.2) is 0 Å². The lowest BCUT2D eigenvalue weighted by molar-refractivity contribution is 0.0891. The Balaban J connectivity index is 2.50. The summed E-state index contributed by atoms with van der Waals surface area (Å²) in [6.45, 7) is 5.84. The second kappa shape index (κ2) is 5.58. The zero-order valence-corrected chi connectivity index (χ0v) is 13.7. The highest BCUT2D eigenvalue weighted by Crippen LogP contribution is 2.35. The highest BCUT2D eigenvalue weighted by atomic mass is 79.9. The Morgan fingerprint density at radius 1 is 1.30 bits per heavy atom. The predicted molar refractivity (Wildman–Crippen MR) is 82.0 cm³/mol. The number of methoxy groups -OCH3 is 1. The molecule has 0 amide bonds. The van der Waals surface area contributed by atoms with E-state index in [-0.39, 0.29) is 6.04 Å². The van der Waals surface area contributed by atoms with E-state index >= 15 is 0 Å². The molecule has 1 N–H and O–H groups in total. The molecule has 2 aromatic rings. The second-order valence-electron chi connectivity index (χ2n) is 5.18. The van der Waals surface area contributed by atoms with Gasteiger partial charge in [-0.05, 0) is 54.4 Å². The summed E-state index contributed by atoms with van der Waals surface area (Å²) < 4.78 is 7.78. The maximum absolute atomic E-state index is 11.0. The van der Waals surface area contributed by atoms with Crippen LogP contribution in [0.5, 0.6) is 5.75 Å². The van der Waals surface area contributed by atoms with Crippen molar-refractivity contribution < 1.29 is 9.84 Å². The highest BCUT2D eigenvalue weighted by molar-refractivity contribution is 9.10. The highest BCUT2D eigenvalue weighted by Gasteiger charge is 2.32. The molecule has 20 heavy (non-hydrogen) atoms. The van der Waals surface area contributed by atoms with E-state index in [0.717, 1.165) is 21.5 Å². The molecular weight excluding hydrogens is 320 g/mol. The topological polar surface area (TPSA) is 47.3 Å². The number of nitrogens with zero attached hydrogens (tertiary/aromatic N) is 2. The lowest BCUT2D eigenvalue weighted by atomic mass is 9.92. The first-order valence-corrected chi connectivity index (χ1v) is 7.27. The third-order valence-corrected chi connectivity index (χ3v) is 3.93. The van der Waals surface area contributed by atoms with Gasteiger partial charge in [0.05, 0.1) is 23.5 Å². The minimum absolute atomic E-state index is 0.168. The van der Waals surface area contributed by atoms with Gasteiger partial charge in [-0.15, -0.1) is 0 Å². The van der Waals surface area contributed by atoms with Crippen LogP contribution < -0.4 is 4.74 Å². The number of aliphatic hydroxyl groups is 1. The summed E-state index contributed by atoms with van der Waals surface area (Å²) in [6.07, 6.45) is 1.72. The fourth-order valence-corrected chi connectivity index (χ4v) is 2.90. The molecule has 1 atom stereocenters. The van der Waals surface area contributed by atoms with Crippen molar-refractivity contribution in [1.29, 1.82) is 0 Å². The second-order valence-corrected chi connectivity index (χ2v) is 6.03. The first-order valence-electron chi connectivity index (χ1n) is 6.48. The number of halogens is 1. The van der Waals surface area contributed by atoms with Crippen molar-refractivity contribution in [2.75, 3.05) is 7.11 Å². The van der Waals surface area contributed by atoms with Crippen molar-refractivity contribution >= 4 is 15.9 Å². The zero-order valence-electron chi connectivity index (χ0n) is 12.1. The molecule has 0 saturated heterocycles. The van der Waals surface area contributed by atoms with Gasteiger partial charge in [-0.1, -0.05) is 12.1 Å². The predicted octanol–water partition coefficient (Wildman–Crippen LogP) is 3.49. The normalized spacial score (nSPS) is 14.3. The summed E-state index contributed by atoms with van der Waals surface area (Å²) in [5.74, 6) is 0.765. The number of aromatic nitrogens is 2. The minimum atomic E-state index is -1.13. The Morgan fingerprint density at radius 3 is 2.40 bits per heavy atom. The molecular formula is C15H19BrN2O2. The first kappa shape index (κ1) is 15.1. The van der Waals surface area contributed by atoms with Crippen molar-refractivity contribution in [1.82, 2.24) is 9.78 Å². The summed E-state index contributed by atoms with van der Waals surface area (Å²) in [5.41, 5.74) is 0.408. The molecule has 0 radical (unpaired) electrons. The molecule has 2 rings (SSSR count). The van der Waals surface area contributed by atoms with Crippen LogP contribution in [-0.4, -0.2) is 22.0 Å². The van der Waals surface area contributed by atoms with E-state index in [1.165, 1.54) is 0 Å². The van der Waals surface area contributed by atoms with Crippen LogP contribution in [0, 0.1) is 0 Å². The number of hydrogen-bond donors (Lipinski definition) is 1. The lowest BCUT2D eigenvalue weighted by Crippen LogP contribution is -2.28.